The first-order valence-corrected chi connectivity index (χ1v) is 4.58. The summed E-state index contributed by atoms with van der Waals surface area (Å²) in [6, 6.07) is 4.63. The molecule has 0 bridgehead atoms. The van der Waals surface area contributed by atoms with E-state index in [1.165, 1.54) is 6.07 Å². The maximum absolute atomic E-state index is 12.9. The minimum Gasteiger partial charge on any atom is -0.395 e. The van der Waals surface area contributed by atoms with Crippen LogP contribution in [0.2, 0.25) is 0 Å². The molecule has 1 saturated heterocycles. The van der Waals surface area contributed by atoms with Crippen LogP contribution >= 0.6 is 0 Å². The Hall–Kier alpha value is -1.00. The highest BCUT2D eigenvalue weighted by atomic mass is 19.1. The molecule has 4 heteroatoms. The molecule has 2 rings (SSSR count). The van der Waals surface area contributed by atoms with Crippen LogP contribution in [0.25, 0.3) is 0 Å². The molecular weight excluding hydrogens is 185 g/mol. The second-order valence-corrected chi connectivity index (χ2v) is 3.59. The molecule has 1 atom stereocenters. The molecule has 1 aromatic heterocycles. The molecule has 1 unspecified atom stereocenters. The second kappa shape index (κ2) is 3.63. The van der Waals surface area contributed by atoms with E-state index in [9.17, 15) is 9.50 Å². The molecule has 1 fully saturated rings. The van der Waals surface area contributed by atoms with E-state index in [1.807, 2.05) is 0 Å². The van der Waals surface area contributed by atoms with E-state index in [-0.39, 0.29) is 6.61 Å². The maximum Gasteiger partial charge on any atom is 0.213 e. The van der Waals surface area contributed by atoms with Crippen LogP contribution in [-0.4, -0.2) is 29.9 Å². The lowest BCUT2D eigenvalue weighted by molar-refractivity contribution is 0.138. The van der Waals surface area contributed by atoms with Gasteiger partial charge in [0.1, 0.15) is 0 Å². The van der Waals surface area contributed by atoms with Gasteiger partial charge in [-0.1, -0.05) is 6.07 Å². The Balaban J connectivity index is 2.35. The molecule has 76 valence electrons. The third-order valence-corrected chi connectivity index (χ3v) is 2.66. The number of pyridine rings is 1. The van der Waals surface area contributed by atoms with Crippen molar-refractivity contribution in [3.8, 4) is 0 Å². The first kappa shape index (κ1) is 9.55. The van der Waals surface area contributed by atoms with E-state index < -0.39 is 11.4 Å². The van der Waals surface area contributed by atoms with Gasteiger partial charge in [0.25, 0.3) is 0 Å². The highest BCUT2D eigenvalue weighted by Gasteiger charge is 2.37. The number of halogens is 1. The van der Waals surface area contributed by atoms with Crippen LogP contribution in [0.3, 0.4) is 0 Å². The number of hydrogen-bond acceptors (Lipinski definition) is 3. The zero-order chi connectivity index (χ0) is 10.0. The van der Waals surface area contributed by atoms with Crippen LogP contribution < -0.4 is 0 Å². The number of hydrogen-bond donors (Lipinski definition) is 1. The van der Waals surface area contributed by atoms with Crippen molar-refractivity contribution in [1.82, 2.24) is 4.98 Å². The van der Waals surface area contributed by atoms with Crippen LogP contribution in [0.15, 0.2) is 18.2 Å². The number of ether oxygens (including phenoxy) is 1. The van der Waals surface area contributed by atoms with Gasteiger partial charge in [-0.2, -0.15) is 4.39 Å². The monoisotopic (exact) mass is 197 g/mol. The van der Waals surface area contributed by atoms with E-state index in [0.29, 0.717) is 25.3 Å². The van der Waals surface area contributed by atoms with Gasteiger partial charge >= 0.3 is 0 Å². The molecular formula is C10H12FNO2. The Bertz CT molecular complexity index is 324. The molecule has 1 aliphatic heterocycles. The van der Waals surface area contributed by atoms with Crippen molar-refractivity contribution in [3.05, 3.63) is 29.8 Å². The van der Waals surface area contributed by atoms with Crippen molar-refractivity contribution in [2.24, 2.45) is 0 Å². The van der Waals surface area contributed by atoms with Gasteiger partial charge < -0.3 is 9.84 Å². The summed E-state index contributed by atoms with van der Waals surface area (Å²) in [6.07, 6.45) is 0.694. The van der Waals surface area contributed by atoms with E-state index in [2.05, 4.69) is 4.98 Å². The number of aliphatic hydroxyl groups is 1. The smallest absolute Gasteiger partial charge is 0.213 e. The van der Waals surface area contributed by atoms with Gasteiger partial charge in [-0.25, -0.2) is 4.98 Å². The van der Waals surface area contributed by atoms with E-state index in [1.54, 1.807) is 12.1 Å². The zero-order valence-corrected chi connectivity index (χ0v) is 7.74. The molecule has 0 aromatic carbocycles. The Labute approximate surface area is 81.5 Å². The average Bonchev–Trinajstić information content (AvgIpc) is 2.67. The molecule has 0 spiro atoms. The lowest BCUT2D eigenvalue weighted by Gasteiger charge is -2.23. The minimum absolute atomic E-state index is 0.0521. The minimum atomic E-state index is -0.512. The van der Waals surface area contributed by atoms with Gasteiger partial charge in [-0.15, -0.1) is 0 Å². The van der Waals surface area contributed by atoms with Crippen molar-refractivity contribution in [3.63, 3.8) is 0 Å². The van der Waals surface area contributed by atoms with Gasteiger partial charge in [-0.3, -0.25) is 0 Å². The summed E-state index contributed by atoms with van der Waals surface area (Å²) in [6.45, 7) is 0.960. The predicted octanol–water partition coefficient (Wildman–Crippen LogP) is 0.871. The van der Waals surface area contributed by atoms with Gasteiger partial charge in [0.05, 0.1) is 24.3 Å². The van der Waals surface area contributed by atoms with Crippen molar-refractivity contribution in [1.29, 1.82) is 0 Å². The normalized spacial score (nSPS) is 26.7. The summed E-state index contributed by atoms with van der Waals surface area (Å²) >= 11 is 0. The molecule has 1 aromatic rings. The van der Waals surface area contributed by atoms with Crippen molar-refractivity contribution in [2.45, 2.75) is 11.8 Å². The standard InChI is InChI=1S/C10H12FNO2/c11-9-3-1-2-8(12-9)10(6-13)4-5-14-7-10/h1-3,13H,4-7H2. The highest BCUT2D eigenvalue weighted by Crippen LogP contribution is 2.31. The van der Waals surface area contributed by atoms with Crippen LogP contribution in [0.5, 0.6) is 0 Å². The van der Waals surface area contributed by atoms with Gasteiger partial charge in [0.2, 0.25) is 5.95 Å². The fourth-order valence-electron chi connectivity index (χ4n) is 1.72. The first-order chi connectivity index (χ1) is 6.77. The largest absolute Gasteiger partial charge is 0.395 e. The lowest BCUT2D eigenvalue weighted by atomic mass is 9.84. The number of nitrogens with zero attached hydrogens (tertiary/aromatic N) is 1. The Morgan fingerprint density at radius 1 is 1.57 bits per heavy atom. The Kier molecular flexibility index (Phi) is 2.48. The SMILES string of the molecule is OCC1(c2cccc(F)n2)CCOC1. The third-order valence-electron chi connectivity index (χ3n) is 2.66. The lowest BCUT2D eigenvalue weighted by Crippen LogP contribution is -2.32. The fourth-order valence-corrected chi connectivity index (χ4v) is 1.72. The zero-order valence-electron chi connectivity index (χ0n) is 7.74. The van der Waals surface area contributed by atoms with Crippen molar-refractivity contribution in [2.75, 3.05) is 19.8 Å². The van der Waals surface area contributed by atoms with E-state index >= 15 is 0 Å². The summed E-state index contributed by atoms with van der Waals surface area (Å²) in [4.78, 5) is 3.79. The Morgan fingerprint density at radius 2 is 2.43 bits per heavy atom. The molecule has 2 heterocycles. The molecule has 1 N–H and O–H groups in total. The van der Waals surface area contributed by atoms with E-state index in [0.717, 1.165) is 0 Å². The van der Waals surface area contributed by atoms with Crippen LogP contribution in [0.4, 0.5) is 4.39 Å². The number of rotatable bonds is 2. The molecule has 0 saturated carbocycles. The van der Waals surface area contributed by atoms with Gasteiger partial charge in [-0.05, 0) is 18.6 Å². The summed E-state index contributed by atoms with van der Waals surface area (Å²) in [5, 5.41) is 9.32. The summed E-state index contributed by atoms with van der Waals surface area (Å²) in [5.74, 6) is -0.512. The molecule has 14 heavy (non-hydrogen) atoms. The van der Waals surface area contributed by atoms with Gasteiger partial charge in [0, 0.05) is 6.61 Å². The van der Waals surface area contributed by atoms with Crippen LogP contribution in [0, 0.1) is 5.95 Å². The Morgan fingerprint density at radius 3 is 3.00 bits per heavy atom. The van der Waals surface area contributed by atoms with Crippen molar-refractivity contribution >= 4 is 0 Å². The maximum atomic E-state index is 12.9. The van der Waals surface area contributed by atoms with Crippen LogP contribution in [-0.2, 0) is 10.2 Å². The van der Waals surface area contributed by atoms with Crippen LogP contribution in [0.1, 0.15) is 12.1 Å². The fraction of sp³-hybridized carbons (Fsp3) is 0.500. The first-order valence-electron chi connectivity index (χ1n) is 4.58. The summed E-state index contributed by atoms with van der Waals surface area (Å²) in [5.41, 5.74) is 0.0831. The van der Waals surface area contributed by atoms with Crippen molar-refractivity contribution < 1.29 is 14.2 Å². The quantitative estimate of drug-likeness (QED) is 0.715. The molecule has 0 amide bonds. The summed E-state index contributed by atoms with van der Waals surface area (Å²) in [7, 11) is 0. The molecule has 1 aliphatic rings. The molecule has 0 radical (unpaired) electrons. The van der Waals surface area contributed by atoms with E-state index in [4.69, 9.17) is 4.74 Å². The predicted molar refractivity (Wildman–Crippen MR) is 48.4 cm³/mol. The highest BCUT2D eigenvalue weighted by molar-refractivity contribution is 5.19. The third kappa shape index (κ3) is 1.51. The molecule has 0 aliphatic carbocycles. The number of aliphatic hydroxyl groups excluding tert-OH is 1. The molecule has 3 nitrogen and oxygen atoms in total. The average molecular weight is 197 g/mol. The summed E-state index contributed by atoms with van der Waals surface area (Å²) < 4.78 is 18.1. The van der Waals surface area contributed by atoms with Gasteiger partial charge in [0.15, 0.2) is 0 Å². The topological polar surface area (TPSA) is 42.4 Å². The number of aromatic nitrogens is 1. The second-order valence-electron chi connectivity index (χ2n) is 3.59.